The summed E-state index contributed by atoms with van der Waals surface area (Å²) in [6, 6.07) is 2.04. The Hall–Kier alpha value is -1.56. The van der Waals surface area contributed by atoms with Crippen LogP contribution in [-0.2, 0) is 6.54 Å². The summed E-state index contributed by atoms with van der Waals surface area (Å²) in [5, 5.41) is 2.04. The minimum Gasteiger partial charge on any atom is -0.369 e. The number of aliphatic imine (C=N–C) groups is 2. The van der Waals surface area contributed by atoms with Gasteiger partial charge in [-0.15, -0.1) is 11.3 Å². The summed E-state index contributed by atoms with van der Waals surface area (Å²) in [4.78, 5) is 11.0. The fraction of sp³-hybridized carbons (Fsp3) is 0.400. The largest absolute Gasteiger partial charge is 0.369 e. The molecule has 16 heavy (non-hydrogen) atoms. The van der Waals surface area contributed by atoms with Gasteiger partial charge in [-0.3, -0.25) is 0 Å². The molecule has 0 aromatic carbocycles. The van der Waals surface area contributed by atoms with Gasteiger partial charge in [0.05, 0.1) is 6.54 Å². The van der Waals surface area contributed by atoms with Crippen molar-refractivity contribution in [2.75, 3.05) is 14.1 Å². The van der Waals surface area contributed by atoms with Crippen LogP contribution in [0, 0.1) is 6.92 Å². The van der Waals surface area contributed by atoms with Crippen LogP contribution in [0.25, 0.3) is 0 Å². The second-order valence-corrected chi connectivity index (χ2v) is 4.66. The molecular formula is C10H17N5S. The van der Waals surface area contributed by atoms with E-state index in [9.17, 15) is 0 Å². The normalized spacial score (nSPS) is 12.9. The highest BCUT2D eigenvalue weighted by Crippen LogP contribution is 2.15. The monoisotopic (exact) mass is 239 g/mol. The predicted octanol–water partition coefficient (Wildman–Crippen LogP) is 0.748. The maximum absolute atomic E-state index is 5.64. The van der Waals surface area contributed by atoms with Crippen molar-refractivity contribution in [1.29, 1.82) is 0 Å². The van der Waals surface area contributed by atoms with Gasteiger partial charge in [-0.2, -0.15) is 4.99 Å². The van der Waals surface area contributed by atoms with E-state index < -0.39 is 0 Å². The minimum absolute atomic E-state index is 0.205. The lowest BCUT2D eigenvalue weighted by Gasteiger charge is -2.09. The van der Waals surface area contributed by atoms with Crippen LogP contribution < -0.4 is 11.5 Å². The Morgan fingerprint density at radius 3 is 2.62 bits per heavy atom. The Labute approximate surface area is 99.5 Å². The quantitative estimate of drug-likeness (QED) is 0.590. The van der Waals surface area contributed by atoms with Crippen molar-refractivity contribution in [1.82, 2.24) is 4.90 Å². The molecule has 0 atom stereocenters. The lowest BCUT2D eigenvalue weighted by atomic mass is 10.3. The van der Waals surface area contributed by atoms with Gasteiger partial charge < -0.3 is 16.4 Å². The SMILES string of the molecule is Cc1sccc1CN=C(N)/N=C(\N)N(C)C. The first-order valence-corrected chi connectivity index (χ1v) is 5.73. The molecule has 0 saturated carbocycles. The summed E-state index contributed by atoms with van der Waals surface area (Å²) in [7, 11) is 3.60. The number of hydrogen-bond donors (Lipinski definition) is 2. The van der Waals surface area contributed by atoms with Gasteiger partial charge in [0.1, 0.15) is 0 Å². The van der Waals surface area contributed by atoms with E-state index in [1.807, 2.05) is 11.4 Å². The van der Waals surface area contributed by atoms with Gasteiger partial charge in [0.2, 0.25) is 5.96 Å². The first-order valence-electron chi connectivity index (χ1n) is 4.85. The Morgan fingerprint density at radius 1 is 1.44 bits per heavy atom. The van der Waals surface area contributed by atoms with Crippen molar-refractivity contribution in [2.24, 2.45) is 21.5 Å². The summed E-state index contributed by atoms with van der Waals surface area (Å²) >= 11 is 1.70. The van der Waals surface area contributed by atoms with Gasteiger partial charge in [0.15, 0.2) is 5.96 Å². The standard InChI is InChI=1S/C10H17N5S/c1-7-8(4-5-16-7)6-13-9(11)14-10(12)15(2)3/h4-5H,6H2,1-3H3,(H4,11,12,13,14). The second kappa shape index (κ2) is 5.50. The molecule has 0 amide bonds. The third-order valence-corrected chi connectivity index (χ3v) is 2.95. The van der Waals surface area contributed by atoms with Crippen LogP contribution in [0.5, 0.6) is 0 Å². The molecule has 0 unspecified atom stereocenters. The minimum atomic E-state index is 0.205. The maximum Gasteiger partial charge on any atom is 0.218 e. The highest BCUT2D eigenvalue weighted by Gasteiger charge is 1.99. The van der Waals surface area contributed by atoms with Crippen molar-refractivity contribution in [3.05, 3.63) is 21.9 Å². The molecule has 1 aromatic rings. The number of guanidine groups is 2. The van der Waals surface area contributed by atoms with Gasteiger partial charge >= 0.3 is 0 Å². The molecule has 6 heteroatoms. The van der Waals surface area contributed by atoms with E-state index in [0.717, 1.165) is 0 Å². The van der Waals surface area contributed by atoms with E-state index in [-0.39, 0.29) is 5.96 Å². The average molecular weight is 239 g/mol. The summed E-state index contributed by atoms with van der Waals surface area (Å²) < 4.78 is 0. The zero-order chi connectivity index (χ0) is 12.1. The zero-order valence-corrected chi connectivity index (χ0v) is 10.6. The van der Waals surface area contributed by atoms with Gasteiger partial charge in [0.25, 0.3) is 0 Å². The smallest absolute Gasteiger partial charge is 0.218 e. The van der Waals surface area contributed by atoms with Gasteiger partial charge in [-0.25, -0.2) is 4.99 Å². The van der Waals surface area contributed by atoms with Crippen molar-refractivity contribution in [2.45, 2.75) is 13.5 Å². The Bertz CT molecular complexity index is 405. The van der Waals surface area contributed by atoms with E-state index in [1.165, 1.54) is 10.4 Å². The Kier molecular flexibility index (Phi) is 4.30. The molecule has 0 aliphatic rings. The number of aryl methyl sites for hydroxylation is 1. The van der Waals surface area contributed by atoms with Crippen LogP contribution in [0.3, 0.4) is 0 Å². The van der Waals surface area contributed by atoms with E-state index in [4.69, 9.17) is 11.5 Å². The molecule has 88 valence electrons. The second-order valence-electron chi connectivity index (χ2n) is 3.54. The summed E-state index contributed by atoms with van der Waals surface area (Å²) in [5.41, 5.74) is 12.4. The van der Waals surface area contributed by atoms with E-state index in [2.05, 4.69) is 16.9 Å². The molecule has 1 aromatic heterocycles. The molecule has 1 rings (SSSR count). The first kappa shape index (κ1) is 12.5. The fourth-order valence-electron chi connectivity index (χ4n) is 0.994. The van der Waals surface area contributed by atoms with Crippen LogP contribution in [-0.4, -0.2) is 30.9 Å². The number of nitrogens with zero attached hydrogens (tertiary/aromatic N) is 3. The molecule has 4 N–H and O–H groups in total. The Balaban J connectivity index is 2.65. The topological polar surface area (TPSA) is 80.0 Å². The number of hydrogen-bond acceptors (Lipinski definition) is 2. The van der Waals surface area contributed by atoms with Gasteiger partial charge in [0, 0.05) is 19.0 Å². The molecule has 0 aliphatic carbocycles. The third kappa shape index (κ3) is 3.54. The molecule has 0 fully saturated rings. The van der Waals surface area contributed by atoms with Crippen LogP contribution in [0.2, 0.25) is 0 Å². The summed E-state index contributed by atoms with van der Waals surface area (Å²) in [5.74, 6) is 0.556. The van der Waals surface area contributed by atoms with Crippen LogP contribution in [0.4, 0.5) is 0 Å². The van der Waals surface area contributed by atoms with E-state index in [1.54, 1.807) is 30.3 Å². The van der Waals surface area contributed by atoms with Crippen molar-refractivity contribution >= 4 is 23.3 Å². The molecule has 5 nitrogen and oxygen atoms in total. The lowest BCUT2D eigenvalue weighted by Crippen LogP contribution is -2.32. The van der Waals surface area contributed by atoms with Gasteiger partial charge in [-0.1, -0.05) is 0 Å². The first-order chi connectivity index (χ1) is 7.50. The lowest BCUT2D eigenvalue weighted by molar-refractivity contribution is 0.615. The zero-order valence-electron chi connectivity index (χ0n) is 9.77. The van der Waals surface area contributed by atoms with Crippen LogP contribution >= 0.6 is 11.3 Å². The Morgan fingerprint density at radius 2 is 2.12 bits per heavy atom. The predicted molar refractivity (Wildman–Crippen MR) is 69.7 cm³/mol. The summed E-state index contributed by atoms with van der Waals surface area (Å²) in [6.07, 6.45) is 0. The van der Waals surface area contributed by atoms with E-state index in [0.29, 0.717) is 12.5 Å². The van der Waals surface area contributed by atoms with Gasteiger partial charge in [-0.05, 0) is 23.9 Å². The maximum atomic E-state index is 5.64. The molecule has 0 saturated heterocycles. The van der Waals surface area contributed by atoms with Crippen molar-refractivity contribution < 1.29 is 0 Å². The average Bonchev–Trinajstić information content (AvgIpc) is 2.61. The third-order valence-electron chi connectivity index (χ3n) is 2.06. The van der Waals surface area contributed by atoms with Crippen LogP contribution in [0.15, 0.2) is 21.4 Å². The molecule has 0 radical (unpaired) electrons. The number of nitrogens with two attached hydrogens (primary N) is 2. The van der Waals surface area contributed by atoms with E-state index >= 15 is 0 Å². The molecular weight excluding hydrogens is 222 g/mol. The van der Waals surface area contributed by atoms with Crippen molar-refractivity contribution in [3.8, 4) is 0 Å². The van der Waals surface area contributed by atoms with Crippen LogP contribution in [0.1, 0.15) is 10.4 Å². The highest BCUT2D eigenvalue weighted by molar-refractivity contribution is 7.10. The molecule has 0 aliphatic heterocycles. The van der Waals surface area contributed by atoms with Crippen molar-refractivity contribution in [3.63, 3.8) is 0 Å². The number of thiophene rings is 1. The summed E-state index contributed by atoms with van der Waals surface area (Å²) in [6.45, 7) is 2.61. The fourth-order valence-corrected chi connectivity index (χ4v) is 1.71. The molecule has 0 spiro atoms. The molecule has 0 bridgehead atoms. The number of rotatable bonds is 2. The highest BCUT2D eigenvalue weighted by atomic mass is 32.1. The molecule has 1 heterocycles.